The summed E-state index contributed by atoms with van der Waals surface area (Å²) in [5.74, 6) is -1.27. The number of nitrogens with two attached hydrogens (primary N) is 1. The van der Waals surface area contributed by atoms with E-state index in [9.17, 15) is 13.6 Å². The standard InChI is InChI=1S/C18H19F2N5O3/c19-17(20)25(16(26)14-2-1-9-27-15(14)24-22)13-7-4-11(5-8-13)3-6-12-10-28-18(21)23-12/h1-2,4-5,7-8,12,17,22H,3,6,9-10H2,(H2,21,23)/t12-/m0/s1. The van der Waals surface area contributed by atoms with Gasteiger partial charge in [-0.1, -0.05) is 12.1 Å². The SMILES string of the molecule is N=NC1=C(C(=O)N(c2ccc(CC[C@H]3COC(N)=N3)cc2)C(F)F)C=CCO1. The predicted molar refractivity (Wildman–Crippen MR) is 96.9 cm³/mol. The average molecular weight is 391 g/mol. The summed E-state index contributed by atoms with van der Waals surface area (Å²) in [6.45, 7) is -2.51. The molecule has 2 heterocycles. The molecule has 28 heavy (non-hydrogen) atoms. The fourth-order valence-electron chi connectivity index (χ4n) is 2.89. The highest BCUT2D eigenvalue weighted by molar-refractivity contribution is 6.08. The average Bonchev–Trinajstić information content (AvgIpc) is 3.12. The molecule has 1 aromatic rings. The highest BCUT2D eigenvalue weighted by Gasteiger charge is 2.30. The Balaban J connectivity index is 1.73. The van der Waals surface area contributed by atoms with Crippen molar-refractivity contribution in [3.63, 3.8) is 0 Å². The number of alkyl halides is 2. The molecule has 1 atom stereocenters. The molecular weight excluding hydrogens is 372 g/mol. The Morgan fingerprint density at radius 2 is 2.11 bits per heavy atom. The lowest BCUT2D eigenvalue weighted by molar-refractivity contribution is -0.117. The number of halogens is 2. The zero-order valence-electron chi connectivity index (χ0n) is 14.8. The van der Waals surface area contributed by atoms with Crippen molar-refractivity contribution in [2.45, 2.75) is 25.4 Å². The maximum atomic E-state index is 13.6. The predicted octanol–water partition coefficient (Wildman–Crippen LogP) is 2.72. The van der Waals surface area contributed by atoms with Crippen molar-refractivity contribution in [1.82, 2.24) is 0 Å². The number of nitrogens with one attached hydrogen (secondary N) is 1. The second kappa shape index (κ2) is 8.59. The first-order chi connectivity index (χ1) is 13.5. The zero-order chi connectivity index (χ0) is 20.1. The van der Waals surface area contributed by atoms with Gasteiger partial charge < -0.3 is 15.2 Å². The second-order valence-corrected chi connectivity index (χ2v) is 6.13. The maximum Gasteiger partial charge on any atom is 0.321 e. The van der Waals surface area contributed by atoms with E-state index in [-0.39, 0.29) is 35.8 Å². The molecule has 0 bridgehead atoms. The summed E-state index contributed by atoms with van der Waals surface area (Å²) >= 11 is 0. The third kappa shape index (κ3) is 4.33. The van der Waals surface area contributed by atoms with Gasteiger partial charge in [-0.05, 0) is 42.7 Å². The first kappa shape index (κ1) is 19.5. The number of amides is 1. The van der Waals surface area contributed by atoms with E-state index in [1.54, 1.807) is 12.1 Å². The van der Waals surface area contributed by atoms with Gasteiger partial charge in [-0.15, -0.1) is 5.11 Å². The largest absolute Gasteiger partial charge is 0.472 e. The summed E-state index contributed by atoms with van der Waals surface area (Å²) in [5, 5.41) is 3.10. The van der Waals surface area contributed by atoms with Gasteiger partial charge in [0.1, 0.15) is 18.8 Å². The van der Waals surface area contributed by atoms with Crippen LogP contribution in [0.3, 0.4) is 0 Å². The monoisotopic (exact) mass is 391 g/mol. The third-order valence-electron chi connectivity index (χ3n) is 4.29. The molecule has 0 spiro atoms. The van der Waals surface area contributed by atoms with Crippen LogP contribution in [0.2, 0.25) is 0 Å². The Morgan fingerprint density at radius 3 is 2.71 bits per heavy atom. The molecule has 1 aromatic carbocycles. The van der Waals surface area contributed by atoms with Crippen LogP contribution < -0.4 is 10.6 Å². The Morgan fingerprint density at radius 1 is 1.36 bits per heavy atom. The van der Waals surface area contributed by atoms with E-state index in [0.717, 1.165) is 5.56 Å². The van der Waals surface area contributed by atoms with Crippen molar-refractivity contribution in [3.8, 4) is 0 Å². The van der Waals surface area contributed by atoms with Crippen LogP contribution in [0.25, 0.3) is 0 Å². The Labute approximate surface area is 159 Å². The highest BCUT2D eigenvalue weighted by Crippen LogP contribution is 2.26. The van der Waals surface area contributed by atoms with Gasteiger partial charge in [-0.3, -0.25) is 9.69 Å². The molecule has 0 saturated carbocycles. The first-order valence-corrected chi connectivity index (χ1v) is 8.57. The molecule has 3 N–H and O–H groups in total. The molecular formula is C18H19F2N5O3. The van der Waals surface area contributed by atoms with Crippen molar-refractivity contribution < 1.29 is 23.0 Å². The number of ether oxygens (including phenoxy) is 2. The van der Waals surface area contributed by atoms with Gasteiger partial charge in [0.25, 0.3) is 11.9 Å². The van der Waals surface area contributed by atoms with Crippen LogP contribution in [0, 0.1) is 5.53 Å². The molecule has 8 nitrogen and oxygen atoms in total. The summed E-state index contributed by atoms with van der Waals surface area (Å²) < 4.78 is 37.4. The Kier molecular flexibility index (Phi) is 5.97. The molecule has 2 aliphatic heterocycles. The van der Waals surface area contributed by atoms with E-state index in [0.29, 0.717) is 24.3 Å². The first-order valence-electron chi connectivity index (χ1n) is 8.57. The Hall–Kier alpha value is -3.30. The summed E-state index contributed by atoms with van der Waals surface area (Å²) in [6.07, 6.45) is 4.20. The second-order valence-electron chi connectivity index (χ2n) is 6.13. The summed E-state index contributed by atoms with van der Waals surface area (Å²) in [7, 11) is 0. The number of rotatable bonds is 7. The van der Waals surface area contributed by atoms with Crippen molar-refractivity contribution in [3.05, 3.63) is 53.4 Å². The van der Waals surface area contributed by atoms with Crippen LogP contribution in [0.5, 0.6) is 0 Å². The van der Waals surface area contributed by atoms with Crippen LogP contribution in [0.1, 0.15) is 12.0 Å². The van der Waals surface area contributed by atoms with Gasteiger partial charge in [-0.2, -0.15) is 8.78 Å². The molecule has 0 aromatic heterocycles. The minimum absolute atomic E-state index is 0.0177. The molecule has 0 unspecified atom stereocenters. The summed E-state index contributed by atoms with van der Waals surface area (Å²) in [6, 6.07) is 6.42. The van der Waals surface area contributed by atoms with Gasteiger partial charge in [0, 0.05) is 5.69 Å². The van der Waals surface area contributed by atoms with Gasteiger partial charge in [-0.25, -0.2) is 10.5 Å². The smallest absolute Gasteiger partial charge is 0.321 e. The molecule has 1 amide bonds. The molecule has 2 aliphatic rings. The van der Waals surface area contributed by atoms with E-state index < -0.39 is 12.5 Å². The van der Waals surface area contributed by atoms with Gasteiger partial charge >= 0.3 is 6.55 Å². The molecule has 0 saturated heterocycles. The van der Waals surface area contributed by atoms with E-state index in [1.807, 2.05) is 0 Å². The normalized spacial score (nSPS) is 18.5. The molecule has 10 heteroatoms. The minimum Gasteiger partial charge on any atom is -0.472 e. The minimum atomic E-state index is -3.07. The molecule has 0 aliphatic carbocycles. The lowest BCUT2D eigenvalue weighted by Crippen LogP contribution is -2.37. The summed E-state index contributed by atoms with van der Waals surface area (Å²) in [5.41, 5.74) is 13.3. The zero-order valence-corrected chi connectivity index (χ0v) is 14.8. The van der Waals surface area contributed by atoms with Crippen LogP contribution in [0.4, 0.5) is 14.5 Å². The number of hydrogen-bond donors (Lipinski definition) is 2. The Bertz CT molecular complexity index is 836. The number of hydrogen-bond acceptors (Lipinski definition) is 7. The van der Waals surface area contributed by atoms with Gasteiger partial charge in [0.05, 0.1) is 6.04 Å². The maximum absolute atomic E-state index is 13.6. The van der Waals surface area contributed by atoms with Crippen molar-refractivity contribution in [2.24, 2.45) is 15.8 Å². The number of carbonyl (C=O) groups excluding carboxylic acids is 1. The van der Waals surface area contributed by atoms with Gasteiger partial charge in [0.15, 0.2) is 0 Å². The molecule has 0 fully saturated rings. The van der Waals surface area contributed by atoms with Crippen LogP contribution in [0.15, 0.2) is 58.0 Å². The van der Waals surface area contributed by atoms with Crippen molar-refractivity contribution in [2.75, 3.05) is 18.1 Å². The lowest BCUT2D eigenvalue weighted by atomic mass is 10.1. The quantitative estimate of drug-likeness (QED) is 0.549. The lowest BCUT2D eigenvalue weighted by Gasteiger charge is -2.23. The van der Waals surface area contributed by atoms with Crippen molar-refractivity contribution >= 4 is 17.6 Å². The number of aryl methyl sites for hydroxylation is 1. The van der Waals surface area contributed by atoms with Gasteiger partial charge in [0.2, 0.25) is 5.88 Å². The number of carbonyl (C=O) groups is 1. The molecule has 148 valence electrons. The number of nitrogens with zero attached hydrogens (tertiary/aromatic N) is 3. The number of anilines is 1. The fraction of sp³-hybridized carbons (Fsp3) is 0.333. The summed E-state index contributed by atoms with van der Waals surface area (Å²) in [4.78, 5) is 17.1. The van der Waals surface area contributed by atoms with Crippen molar-refractivity contribution in [1.29, 1.82) is 5.53 Å². The number of aliphatic imine (C=N–C) groups is 1. The molecule has 0 radical (unpaired) electrons. The number of amidine groups is 1. The van der Waals surface area contributed by atoms with E-state index in [2.05, 4.69) is 10.1 Å². The third-order valence-corrected chi connectivity index (χ3v) is 4.29. The highest BCUT2D eigenvalue weighted by atomic mass is 19.3. The van der Waals surface area contributed by atoms with Crippen LogP contribution in [-0.2, 0) is 20.7 Å². The van der Waals surface area contributed by atoms with Crippen LogP contribution in [-0.4, -0.2) is 37.7 Å². The topological polar surface area (TPSA) is 113 Å². The van der Waals surface area contributed by atoms with Crippen LogP contribution >= 0.6 is 0 Å². The molecule has 3 rings (SSSR count). The number of benzene rings is 1. The van der Waals surface area contributed by atoms with E-state index >= 15 is 0 Å². The fourth-order valence-corrected chi connectivity index (χ4v) is 2.89. The van der Waals surface area contributed by atoms with E-state index in [1.165, 1.54) is 24.3 Å². The van der Waals surface area contributed by atoms with E-state index in [4.69, 9.17) is 20.7 Å².